The summed E-state index contributed by atoms with van der Waals surface area (Å²) >= 11 is 1.73. The molecule has 1 saturated heterocycles. The maximum atomic E-state index is 11.5. The lowest BCUT2D eigenvalue weighted by Gasteiger charge is -2.11. The van der Waals surface area contributed by atoms with Crippen molar-refractivity contribution in [3.8, 4) is 0 Å². The highest BCUT2D eigenvalue weighted by molar-refractivity contribution is 7.99. The number of carboxylic acids is 1. The summed E-state index contributed by atoms with van der Waals surface area (Å²) in [6.45, 7) is 0. The van der Waals surface area contributed by atoms with Gasteiger partial charge in [0.25, 0.3) is 0 Å². The number of thioether (sulfide) groups is 1. The molecule has 0 bridgehead atoms. The van der Waals surface area contributed by atoms with E-state index < -0.39 is 16.0 Å². The molecule has 88 valence electrons. The molecule has 1 aliphatic rings. The third kappa shape index (κ3) is 5.39. The highest BCUT2D eigenvalue weighted by atomic mass is 32.2. The van der Waals surface area contributed by atoms with Gasteiger partial charge in [-0.25, -0.2) is 13.1 Å². The Morgan fingerprint density at radius 3 is 2.80 bits per heavy atom. The minimum absolute atomic E-state index is 0.0322. The second kappa shape index (κ2) is 5.72. The second-order valence-corrected chi connectivity index (χ2v) is 6.52. The third-order valence-corrected chi connectivity index (χ3v) is 4.76. The first-order valence-corrected chi connectivity index (χ1v) is 7.60. The second-order valence-electron chi connectivity index (χ2n) is 3.49. The average molecular weight is 253 g/mol. The van der Waals surface area contributed by atoms with Gasteiger partial charge in [-0.15, -0.1) is 0 Å². The molecule has 0 spiro atoms. The van der Waals surface area contributed by atoms with Crippen LogP contribution in [-0.4, -0.2) is 42.8 Å². The molecule has 1 unspecified atom stereocenters. The fourth-order valence-electron chi connectivity index (χ4n) is 1.35. The summed E-state index contributed by atoms with van der Waals surface area (Å²) in [5.41, 5.74) is 0. The zero-order valence-electron chi connectivity index (χ0n) is 8.31. The smallest absolute Gasteiger partial charge is 0.303 e. The van der Waals surface area contributed by atoms with Crippen LogP contribution in [0.2, 0.25) is 0 Å². The van der Waals surface area contributed by atoms with Crippen molar-refractivity contribution in [1.82, 2.24) is 4.72 Å². The number of carboxylic acid groups (broad SMARTS) is 1. The van der Waals surface area contributed by atoms with Crippen molar-refractivity contribution in [3.63, 3.8) is 0 Å². The maximum absolute atomic E-state index is 11.5. The van der Waals surface area contributed by atoms with Gasteiger partial charge in [-0.2, -0.15) is 11.8 Å². The maximum Gasteiger partial charge on any atom is 0.303 e. The summed E-state index contributed by atoms with van der Waals surface area (Å²) in [4.78, 5) is 10.2. The van der Waals surface area contributed by atoms with Crippen LogP contribution in [0.3, 0.4) is 0 Å². The third-order valence-electron chi connectivity index (χ3n) is 2.08. The van der Waals surface area contributed by atoms with E-state index in [2.05, 4.69) is 4.72 Å². The van der Waals surface area contributed by atoms with Gasteiger partial charge >= 0.3 is 5.97 Å². The first-order valence-electron chi connectivity index (χ1n) is 4.79. The Morgan fingerprint density at radius 1 is 1.53 bits per heavy atom. The Labute approximate surface area is 93.7 Å². The molecule has 0 aromatic rings. The summed E-state index contributed by atoms with van der Waals surface area (Å²) in [5.74, 6) is 0.752. The monoisotopic (exact) mass is 253 g/mol. The van der Waals surface area contributed by atoms with Crippen molar-refractivity contribution in [2.75, 3.05) is 17.3 Å². The first-order chi connectivity index (χ1) is 6.99. The molecule has 0 saturated carbocycles. The van der Waals surface area contributed by atoms with E-state index in [4.69, 9.17) is 5.11 Å². The van der Waals surface area contributed by atoms with Crippen LogP contribution in [0, 0.1) is 0 Å². The number of sulfonamides is 1. The number of hydrogen-bond donors (Lipinski definition) is 2. The summed E-state index contributed by atoms with van der Waals surface area (Å²) in [5, 5.41) is 8.38. The molecule has 5 nitrogen and oxygen atoms in total. The van der Waals surface area contributed by atoms with Gasteiger partial charge in [0.05, 0.1) is 5.75 Å². The molecule has 1 rings (SSSR count). The minimum atomic E-state index is -3.29. The number of rotatable bonds is 6. The number of hydrogen-bond acceptors (Lipinski definition) is 4. The molecule has 7 heteroatoms. The number of aliphatic carboxylic acids is 1. The van der Waals surface area contributed by atoms with E-state index >= 15 is 0 Å². The highest BCUT2D eigenvalue weighted by Crippen LogP contribution is 2.17. The predicted molar refractivity (Wildman–Crippen MR) is 59.5 cm³/mol. The van der Waals surface area contributed by atoms with E-state index in [0.29, 0.717) is 0 Å². The molecule has 0 radical (unpaired) electrons. The van der Waals surface area contributed by atoms with Crippen LogP contribution in [0.25, 0.3) is 0 Å². The predicted octanol–water partition coefficient (Wildman–Crippen LogP) is 0.276. The zero-order chi connectivity index (χ0) is 11.3. The molecular formula is C8H15NO4S2. The lowest BCUT2D eigenvalue weighted by Crippen LogP contribution is -2.36. The van der Waals surface area contributed by atoms with Crippen molar-refractivity contribution in [1.29, 1.82) is 0 Å². The molecule has 1 aliphatic heterocycles. The molecule has 1 heterocycles. The van der Waals surface area contributed by atoms with E-state index in [0.717, 1.165) is 17.9 Å². The lowest BCUT2D eigenvalue weighted by atomic mass is 10.3. The molecule has 1 atom stereocenters. The molecule has 0 aromatic heterocycles. The van der Waals surface area contributed by atoms with Crippen molar-refractivity contribution in [2.45, 2.75) is 25.3 Å². The van der Waals surface area contributed by atoms with Gasteiger partial charge in [0.2, 0.25) is 10.0 Å². The van der Waals surface area contributed by atoms with E-state index in [1.54, 1.807) is 11.8 Å². The Morgan fingerprint density at radius 2 is 2.27 bits per heavy atom. The van der Waals surface area contributed by atoms with Crippen molar-refractivity contribution in [2.24, 2.45) is 0 Å². The van der Waals surface area contributed by atoms with Crippen LogP contribution < -0.4 is 4.72 Å². The van der Waals surface area contributed by atoms with Crippen LogP contribution >= 0.6 is 11.8 Å². The average Bonchev–Trinajstić information content (AvgIpc) is 2.54. The molecule has 2 N–H and O–H groups in total. The van der Waals surface area contributed by atoms with E-state index in [1.807, 2.05) is 0 Å². The fraction of sp³-hybridized carbons (Fsp3) is 0.875. The highest BCUT2D eigenvalue weighted by Gasteiger charge is 2.21. The van der Waals surface area contributed by atoms with E-state index in [-0.39, 0.29) is 24.6 Å². The molecule has 1 fully saturated rings. The van der Waals surface area contributed by atoms with Gasteiger partial charge in [0.1, 0.15) is 0 Å². The summed E-state index contributed by atoms with van der Waals surface area (Å²) in [7, 11) is -3.29. The van der Waals surface area contributed by atoms with Crippen molar-refractivity contribution in [3.05, 3.63) is 0 Å². The van der Waals surface area contributed by atoms with Gasteiger partial charge in [-0.05, 0) is 18.6 Å². The Hall–Kier alpha value is -0.270. The van der Waals surface area contributed by atoms with E-state index in [9.17, 15) is 13.2 Å². The zero-order valence-corrected chi connectivity index (χ0v) is 9.94. The van der Waals surface area contributed by atoms with Crippen LogP contribution in [0.5, 0.6) is 0 Å². The Balaban J connectivity index is 2.28. The molecular weight excluding hydrogens is 238 g/mol. The van der Waals surface area contributed by atoms with Gasteiger partial charge in [-0.3, -0.25) is 4.79 Å². The number of nitrogens with one attached hydrogen (secondary N) is 1. The van der Waals surface area contributed by atoms with Crippen LogP contribution in [0.4, 0.5) is 0 Å². The topological polar surface area (TPSA) is 83.5 Å². The van der Waals surface area contributed by atoms with Gasteiger partial charge in [0.15, 0.2) is 0 Å². The van der Waals surface area contributed by atoms with Gasteiger partial charge < -0.3 is 5.11 Å². The normalized spacial score (nSPS) is 21.7. The summed E-state index contributed by atoms with van der Waals surface area (Å²) in [6, 6.07) is 0.0322. The molecule has 0 amide bonds. The van der Waals surface area contributed by atoms with E-state index in [1.165, 1.54) is 0 Å². The van der Waals surface area contributed by atoms with Gasteiger partial charge in [0, 0.05) is 18.2 Å². The Kier molecular flexibility index (Phi) is 4.88. The lowest BCUT2D eigenvalue weighted by molar-refractivity contribution is -0.137. The largest absolute Gasteiger partial charge is 0.481 e. The first kappa shape index (κ1) is 12.8. The van der Waals surface area contributed by atoms with Crippen molar-refractivity contribution >= 4 is 27.8 Å². The molecule has 15 heavy (non-hydrogen) atoms. The fourth-order valence-corrected chi connectivity index (χ4v) is 3.96. The summed E-state index contributed by atoms with van der Waals surface area (Å²) in [6.07, 6.45) is 0.938. The molecule has 0 aromatic carbocycles. The van der Waals surface area contributed by atoms with Crippen LogP contribution in [0.1, 0.15) is 19.3 Å². The minimum Gasteiger partial charge on any atom is -0.481 e. The van der Waals surface area contributed by atoms with Crippen molar-refractivity contribution < 1.29 is 18.3 Å². The van der Waals surface area contributed by atoms with Gasteiger partial charge in [-0.1, -0.05) is 0 Å². The summed E-state index contributed by atoms with van der Waals surface area (Å²) < 4.78 is 25.5. The standard InChI is InChI=1S/C8H15NO4S2/c10-8(11)2-1-5-15(12,13)9-7-3-4-14-6-7/h7,9H,1-6H2,(H,10,11). The van der Waals surface area contributed by atoms with Crippen LogP contribution in [0.15, 0.2) is 0 Å². The Bertz CT molecular complexity index is 309. The number of carbonyl (C=O) groups is 1. The quantitative estimate of drug-likeness (QED) is 0.710. The van der Waals surface area contributed by atoms with Crippen LogP contribution in [-0.2, 0) is 14.8 Å². The molecule has 0 aliphatic carbocycles. The SMILES string of the molecule is O=C(O)CCCS(=O)(=O)NC1CCSC1.